The van der Waals surface area contributed by atoms with E-state index in [1.54, 1.807) is 6.07 Å². The Bertz CT molecular complexity index is 803. The number of hydrogen-bond donors (Lipinski definition) is 1. The van der Waals surface area contributed by atoms with Crippen molar-refractivity contribution >= 4 is 5.91 Å². The maximum absolute atomic E-state index is 12.1. The molecular formula is C20H24N2O5. The molecule has 1 saturated carbocycles. The highest BCUT2D eigenvalue weighted by Gasteiger charge is 2.22. The van der Waals surface area contributed by atoms with Crippen LogP contribution in [0.15, 0.2) is 28.8 Å². The number of benzene rings is 1. The van der Waals surface area contributed by atoms with Crippen LogP contribution in [0.4, 0.5) is 0 Å². The monoisotopic (exact) mass is 372 g/mol. The molecule has 0 spiro atoms. The highest BCUT2D eigenvalue weighted by molar-refractivity contribution is 5.77. The fourth-order valence-corrected chi connectivity index (χ4v) is 3.59. The standard InChI is InChI=1S/C20H24N2O5/c1-13-4-2-3-5-16(13)21-20(23)11-24-10-15-9-18(27-22-15)14-6-7-17-19(8-14)26-12-25-17/h6-9,13,16H,2-5,10-12H2,1H3,(H,21,23)/t13-,16-/m0/s1. The Kier molecular flexibility index (Phi) is 5.29. The first-order valence-electron chi connectivity index (χ1n) is 9.42. The van der Waals surface area contributed by atoms with Crippen molar-refractivity contribution in [2.45, 2.75) is 45.3 Å². The molecule has 2 atom stereocenters. The molecule has 1 aliphatic carbocycles. The van der Waals surface area contributed by atoms with Crippen LogP contribution in [-0.4, -0.2) is 30.5 Å². The van der Waals surface area contributed by atoms with E-state index in [1.165, 1.54) is 19.3 Å². The predicted molar refractivity (Wildman–Crippen MR) is 97.3 cm³/mol. The SMILES string of the molecule is C[C@H]1CCCC[C@@H]1NC(=O)COCc1cc(-c2ccc3c(c2)OCO3)on1. The molecule has 0 bridgehead atoms. The number of amides is 1. The van der Waals surface area contributed by atoms with Crippen LogP contribution in [0, 0.1) is 5.92 Å². The maximum Gasteiger partial charge on any atom is 0.246 e. The molecule has 7 heteroatoms. The molecule has 1 aromatic heterocycles. The molecule has 27 heavy (non-hydrogen) atoms. The molecule has 1 N–H and O–H groups in total. The van der Waals surface area contributed by atoms with Gasteiger partial charge in [0, 0.05) is 17.7 Å². The minimum Gasteiger partial charge on any atom is -0.454 e. The van der Waals surface area contributed by atoms with E-state index in [2.05, 4.69) is 17.4 Å². The topological polar surface area (TPSA) is 82.8 Å². The molecule has 0 radical (unpaired) electrons. The summed E-state index contributed by atoms with van der Waals surface area (Å²) in [5, 5.41) is 7.08. The van der Waals surface area contributed by atoms with Crippen molar-refractivity contribution in [3.63, 3.8) is 0 Å². The summed E-state index contributed by atoms with van der Waals surface area (Å²) < 4.78 is 21.6. The van der Waals surface area contributed by atoms with Crippen LogP contribution in [0.2, 0.25) is 0 Å². The fourth-order valence-electron chi connectivity index (χ4n) is 3.59. The van der Waals surface area contributed by atoms with Gasteiger partial charge in [0.2, 0.25) is 12.7 Å². The van der Waals surface area contributed by atoms with Gasteiger partial charge in [-0.25, -0.2) is 0 Å². The largest absolute Gasteiger partial charge is 0.454 e. The van der Waals surface area contributed by atoms with Gasteiger partial charge in [-0.3, -0.25) is 4.79 Å². The molecule has 0 saturated heterocycles. The summed E-state index contributed by atoms with van der Waals surface area (Å²) in [5.41, 5.74) is 1.49. The van der Waals surface area contributed by atoms with Crippen molar-refractivity contribution in [3.8, 4) is 22.8 Å². The lowest BCUT2D eigenvalue weighted by Gasteiger charge is -2.29. The number of carbonyl (C=O) groups excluding carboxylic acids is 1. The van der Waals surface area contributed by atoms with Gasteiger partial charge in [-0.05, 0) is 37.0 Å². The Morgan fingerprint density at radius 3 is 2.96 bits per heavy atom. The van der Waals surface area contributed by atoms with Crippen LogP contribution in [0.5, 0.6) is 11.5 Å². The highest BCUT2D eigenvalue weighted by atomic mass is 16.7. The number of hydrogen-bond acceptors (Lipinski definition) is 6. The normalized spacial score (nSPS) is 21.2. The van der Waals surface area contributed by atoms with Gasteiger partial charge in [-0.15, -0.1) is 0 Å². The first kappa shape index (κ1) is 17.9. The van der Waals surface area contributed by atoms with Crippen molar-refractivity contribution in [1.29, 1.82) is 0 Å². The van der Waals surface area contributed by atoms with Gasteiger partial charge in [-0.1, -0.05) is 24.9 Å². The average Bonchev–Trinajstić information content (AvgIpc) is 3.32. The third kappa shape index (κ3) is 4.24. The summed E-state index contributed by atoms with van der Waals surface area (Å²) in [5.74, 6) is 2.48. The summed E-state index contributed by atoms with van der Waals surface area (Å²) >= 11 is 0. The van der Waals surface area contributed by atoms with Gasteiger partial charge in [0.25, 0.3) is 0 Å². The van der Waals surface area contributed by atoms with E-state index in [-0.39, 0.29) is 32.0 Å². The van der Waals surface area contributed by atoms with Crippen LogP contribution >= 0.6 is 0 Å². The number of rotatable bonds is 6. The highest BCUT2D eigenvalue weighted by Crippen LogP contribution is 2.36. The van der Waals surface area contributed by atoms with Crippen molar-refractivity contribution in [2.75, 3.05) is 13.4 Å². The second-order valence-corrected chi connectivity index (χ2v) is 7.18. The molecule has 2 heterocycles. The molecule has 2 aromatic rings. The zero-order valence-corrected chi connectivity index (χ0v) is 15.4. The molecule has 7 nitrogen and oxygen atoms in total. The number of fused-ring (bicyclic) bond motifs is 1. The molecule has 2 aliphatic rings. The van der Waals surface area contributed by atoms with Gasteiger partial charge >= 0.3 is 0 Å². The van der Waals surface area contributed by atoms with Crippen molar-refractivity contribution in [1.82, 2.24) is 10.5 Å². The van der Waals surface area contributed by atoms with Gasteiger partial charge in [0.05, 0.1) is 6.61 Å². The maximum atomic E-state index is 12.1. The van der Waals surface area contributed by atoms with E-state index >= 15 is 0 Å². The predicted octanol–water partition coefficient (Wildman–Crippen LogP) is 3.28. The van der Waals surface area contributed by atoms with E-state index in [4.69, 9.17) is 18.7 Å². The minimum absolute atomic E-state index is 0.0233. The summed E-state index contributed by atoms with van der Waals surface area (Å²) in [6.45, 7) is 2.67. The summed E-state index contributed by atoms with van der Waals surface area (Å²) in [4.78, 5) is 12.1. The van der Waals surface area contributed by atoms with Crippen molar-refractivity contribution in [2.24, 2.45) is 5.92 Å². The third-order valence-electron chi connectivity index (χ3n) is 5.16. The molecule has 1 amide bonds. The molecule has 1 aliphatic heterocycles. The minimum atomic E-state index is -0.0757. The number of carbonyl (C=O) groups is 1. The van der Waals surface area contributed by atoms with Gasteiger partial charge in [-0.2, -0.15) is 0 Å². The zero-order chi connectivity index (χ0) is 18.6. The van der Waals surface area contributed by atoms with Crippen LogP contribution < -0.4 is 14.8 Å². The summed E-state index contributed by atoms with van der Waals surface area (Å²) in [6.07, 6.45) is 4.65. The summed E-state index contributed by atoms with van der Waals surface area (Å²) in [7, 11) is 0. The number of aromatic nitrogens is 1. The Hall–Kier alpha value is -2.54. The quantitative estimate of drug-likeness (QED) is 0.838. The average molecular weight is 372 g/mol. The Balaban J connectivity index is 1.26. The molecule has 144 valence electrons. The number of nitrogens with one attached hydrogen (secondary N) is 1. The lowest BCUT2D eigenvalue weighted by Crippen LogP contribution is -2.42. The second kappa shape index (κ2) is 8.00. The van der Waals surface area contributed by atoms with Crippen LogP contribution in [0.25, 0.3) is 11.3 Å². The first-order valence-corrected chi connectivity index (χ1v) is 9.42. The molecule has 4 rings (SSSR count). The van der Waals surface area contributed by atoms with Crippen LogP contribution in [0.1, 0.15) is 38.3 Å². The van der Waals surface area contributed by atoms with Crippen LogP contribution in [0.3, 0.4) is 0 Å². The van der Waals surface area contributed by atoms with Crippen molar-refractivity contribution in [3.05, 3.63) is 30.0 Å². The van der Waals surface area contributed by atoms with E-state index < -0.39 is 0 Å². The lowest BCUT2D eigenvalue weighted by atomic mass is 9.86. The number of ether oxygens (including phenoxy) is 3. The Labute approximate surface area is 158 Å². The van der Waals surface area contributed by atoms with Gasteiger partial charge in [0.15, 0.2) is 17.3 Å². The van der Waals surface area contributed by atoms with E-state index in [9.17, 15) is 4.79 Å². The molecule has 1 aromatic carbocycles. The molecular weight excluding hydrogens is 348 g/mol. The zero-order valence-electron chi connectivity index (χ0n) is 15.4. The van der Waals surface area contributed by atoms with E-state index in [0.717, 1.165) is 17.7 Å². The second-order valence-electron chi connectivity index (χ2n) is 7.18. The van der Waals surface area contributed by atoms with Crippen LogP contribution in [-0.2, 0) is 16.1 Å². The van der Waals surface area contributed by atoms with E-state index in [1.807, 2.05) is 18.2 Å². The summed E-state index contributed by atoms with van der Waals surface area (Å²) in [6, 6.07) is 7.65. The number of nitrogens with zero attached hydrogens (tertiary/aromatic N) is 1. The van der Waals surface area contributed by atoms with Crippen molar-refractivity contribution < 1.29 is 23.5 Å². The van der Waals surface area contributed by atoms with Gasteiger partial charge in [0.1, 0.15) is 12.3 Å². The first-order chi connectivity index (χ1) is 13.2. The van der Waals surface area contributed by atoms with Gasteiger partial charge < -0.3 is 24.1 Å². The molecule has 1 fully saturated rings. The van der Waals surface area contributed by atoms with E-state index in [0.29, 0.717) is 23.1 Å². The third-order valence-corrected chi connectivity index (χ3v) is 5.16. The Morgan fingerprint density at radius 2 is 2.07 bits per heavy atom. The lowest BCUT2D eigenvalue weighted by molar-refractivity contribution is -0.127. The molecule has 0 unspecified atom stereocenters. The Morgan fingerprint density at radius 1 is 1.22 bits per heavy atom. The smallest absolute Gasteiger partial charge is 0.246 e. The fraction of sp³-hybridized carbons (Fsp3) is 0.500.